The predicted molar refractivity (Wildman–Crippen MR) is 69.6 cm³/mol. The minimum atomic E-state index is 0.542. The Hall–Kier alpha value is -0.0800. The van der Waals surface area contributed by atoms with E-state index in [1.54, 1.807) is 0 Å². The Morgan fingerprint density at radius 2 is 2.12 bits per heavy atom. The first-order valence-electron chi connectivity index (χ1n) is 7.03. The summed E-state index contributed by atoms with van der Waals surface area (Å²) in [4.78, 5) is 2.64. The number of nitrogens with one attached hydrogen (secondary N) is 1. The Bertz CT molecular complexity index is 221. The van der Waals surface area contributed by atoms with Crippen LogP contribution in [0.4, 0.5) is 0 Å². The second-order valence-corrected chi connectivity index (χ2v) is 6.62. The fourth-order valence-electron chi connectivity index (χ4n) is 2.95. The first-order chi connectivity index (χ1) is 7.57. The van der Waals surface area contributed by atoms with Crippen LogP contribution in [0.15, 0.2) is 0 Å². The number of likely N-dealkylation sites (tertiary alicyclic amines) is 1. The first kappa shape index (κ1) is 12.4. The van der Waals surface area contributed by atoms with E-state index in [4.69, 9.17) is 0 Å². The van der Waals surface area contributed by atoms with E-state index in [1.807, 2.05) is 0 Å². The summed E-state index contributed by atoms with van der Waals surface area (Å²) >= 11 is 0. The van der Waals surface area contributed by atoms with Gasteiger partial charge in [-0.1, -0.05) is 13.8 Å². The average Bonchev–Trinajstić information content (AvgIpc) is 2.99. The quantitative estimate of drug-likeness (QED) is 0.772. The van der Waals surface area contributed by atoms with E-state index in [0.29, 0.717) is 5.41 Å². The topological polar surface area (TPSA) is 15.3 Å². The van der Waals surface area contributed by atoms with Gasteiger partial charge in [-0.3, -0.25) is 0 Å². The lowest BCUT2D eigenvalue weighted by atomic mass is 9.84. The number of hydrogen-bond acceptors (Lipinski definition) is 2. The summed E-state index contributed by atoms with van der Waals surface area (Å²) in [5, 5.41) is 3.68. The molecule has 0 amide bonds. The van der Waals surface area contributed by atoms with Crippen LogP contribution in [0.25, 0.3) is 0 Å². The molecular weight excluding hydrogens is 196 g/mol. The summed E-state index contributed by atoms with van der Waals surface area (Å²) in [6, 6.07) is 0.748. The molecule has 0 aromatic carbocycles. The third-order valence-electron chi connectivity index (χ3n) is 4.20. The minimum Gasteiger partial charge on any atom is -0.313 e. The van der Waals surface area contributed by atoms with Gasteiger partial charge in [-0.05, 0) is 50.5 Å². The van der Waals surface area contributed by atoms with Crippen molar-refractivity contribution in [3.63, 3.8) is 0 Å². The van der Waals surface area contributed by atoms with Crippen LogP contribution < -0.4 is 5.32 Å². The van der Waals surface area contributed by atoms with Crippen molar-refractivity contribution in [3.05, 3.63) is 0 Å². The van der Waals surface area contributed by atoms with Gasteiger partial charge in [0.25, 0.3) is 0 Å². The van der Waals surface area contributed by atoms with Crippen LogP contribution in [0.2, 0.25) is 0 Å². The highest BCUT2D eigenvalue weighted by Gasteiger charge is 2.28. The van der Waals surface area contributed by atoms with E-state index >= 15 is 0 Å². The molecule has 0 aromatic rings. The molecule has 16 heavy (non-hydrogen) atoms. The molecular formula is C14H28N2. The smallest absolute Gasteiger partial charge is 0.0107 e. The lowest BCUT2D eigenvalue weighted by Gasteiger charge is -2.38. The van der Waals surface area contributed by atoms with E-state index in [-0.39, 0.29) is 0 Å². The van der Waals surface area contributed by atoms with Crippen molar-refractivity contribution in [2.45, 2.75) is 52.5 Å². The van der Waals surface area contributed by atoms with Gasteiger partial charge in [-0.15, -0.1) is 0 Å². The average molecular weight is 224 g/mol. The SMILES string of the molecule is CC(NCCN1CCCC(C)(C)C1)C1CC1. The molecule has 1 aliphatic heterocycles. The van der Waals surface area contributed by atoms with E-state index in [9.17, 15) is 0 Å². The van der Waals surface area contributed by atoms with Crippen LogP contribution in [0.3, 0.4) is 0 Å². The van der Waals surface area contributed by atoms with Gasteiger partial charge in [-0.2, -0.15) is 0 Å². The molecule has 0 bridgehead atoms. The molecule has 1 N–H and O–H groups in total. The van der Waals surface area contributed by atoms with Gasteiger partial charge in [0, 0.05) is 25.7 Å². The molecule has 1 atom stereocenters. The number of hydrogen-bond donors (Lipinski definition) is 1. The molecule has 1 aliphatic carbocycles. The standard InChI is InChI=1S/C14H28N2/c1-12(13-5-6-13)15-8-10-16-9-4-7-14(2,3)11-16/h12-13,15H,4-11H2,1-3H3. The lowest BCUT2D eigenvalue weighted by molar-refractivity contribution is 0.117. The molecule has 2 rings (SSSR count). The molecule has 1 unspecified atom stereocenters. The molecule has 2 fully saturated rings. The Morgan fingerprint density at radius 1 is 1.38 bits per heavy atom. The van der Waals surface area contributed by atoms with Crippen molar-refractivity contribution in [2.24, 2.45) is 11.3 Å². The second kappa shape index (κ2) is 5.05. The summed E-state index contributed by atoms with van der Waals surface area (Å²) in [6.45, 7) is 12.2. The van der Waals surface area contributed by atoms with Crippen LogP contribution in [0.1, 0.15) is 46.5 Å². The van der Waals surface area contributed by atoms with E-state index in [2.05, 4.69) is 31.0 Å². The van der Waals surface area contributed by atoms with Gasteiger partial charge in [-0.25, -0.2) is 0 Å². The van der Waals surface area contributed by atoms with Crippen molar-refractivity contribution in [3.8, 4) is 0 Å². The van der Waals surface area contributed by atoms with Gasteiger partial charge in [0.15, 0.2) is 0 Å². The molecule has 1 saturated carbocycles. The fourth-order valence-corrected chi connectivity index (χ4v) is 2.95. The highest BCUT2D eigenvalue weighted by molar-refractivity contribution is 4.84. The maximum Gasteiger partial charge on any atom is 0.0107 e. The summed E-state index contributed by atoms with van der Waals surface area (Å²) in [6.07, 6.45) is 5.68. The highest BCUT2D eigenvalue weighted by atomic mass is 15.2. The molecule has 0 spiro atoms. The zero-order valence-corrected chi connectivity index (χ0v) is 11.3. The zero-order valence-electron chi connectivity index (χ0n) is 11.3. The normalized spacial score (nSPS) is 27.9. The monoisotopic (exact) mass is 224 g/mol. The van der Waals surface area contributed by atoms with E-state index < -0.39 is 0 Å². The maximum absolute atomic E-state index is 3.68. The largest absolute Gasteiger partial charge is 0.313 e. The van der Waals surface area contributed by atoms with Gasteiger partial charge in [0.1, 0.15) is 0 Å². The zero-order chi connectivity index (χ0) is 11.6. The van der Waals surface area contributed by atoms with E-state index in [0.717, 1.165) is 12.0 Å². The van der Waals surface area contributed by atoms with Gasteiger partial charge in [0.05, 0.1) is 0 Å². The van der Waals surface area contributed by atoms with Crippen molar-refractivity contribution in [1.82, 2.24) is 10.2 Å². The van der Waals surface area contributed by atoms with Crippen LogP contribution in [0, 0.1) is 11.3 Å². The molecule has 0 aromatic heterocycles. The third kappa shape index (κ3) is 3.74. The van der Waals surface area contributed by atoms with Crippen molar-refractivity contribution in [2.75, 3.05) is 26.2 Å². The Kier molecular flexibility index (Phi) is 3.91. The third-order valence-corrected chi connectivity index (χ3v) is 4.20. The lowest BCUT2D eigenvalue weighted by Crippen LogP contribution is -2.44. The second-order valence-electron chi connectivity index (χ2n) is 6.62. The molecule has 1 heterocycles. The molecule has 2 aliphatic rings. The Morgan fingerprint density at radius 3 is 2.75 bits per heavy atom. The summed E-state index contributed by atoms with van der Waals surface area (Å²) in [7, 11) is 0. The Labute approximate surface area is 101 Å². The maximum atomic E-state index is 3.68. The summed E-state index contributed by atoms with van der Waals surface area (Å²) in [5.74, 6) is 0.984. The molecule has 94 valence electrons. The van der Waals surface area contributed by atoms with Gasteiger partial charge in [0.2, 0.25) is 0 Å². The number of piperidine rings is 1. The van der Waals surface area contributed by atoms with Crippen LogP contribution in [0.5, 0.6) is 0 Å². The fraction of sp³-hybridized carbons (Fsp3) is 1.00. The molecule has 2 heteroatoms. The van der Waals surface area contributed by atoms with Crippen LogP contribution in [-0.2, 0) is 0 Å². The van der Waals surface area contributed by atoms with Crippen molar-refractivity contribution in [1.29, 1.82) is 0 Å². The molecule has 2 nitrogen and oxygen atoms in total. The first-order valence-corrected chi connectivity index (χ1v) is 7.03. The van der Waals surface area contributed by atoms with Crippen LogP contribution in [-0.4, -0.2) is 37.1 Å². The summed E-state index contributed by atoms with van der Waals surface area (Å²) in [5.41, 5.74) is 0.542. The van der Waals surface area contributed by atoms with E-state index in [1.165, 1.54) is 51.9 Å². The van der Waals surface area contributed by atoms with Crippen LogP contribution >= 0.6 is 0 Å². The predicted octanol–water partition coefficient (Wildman–Crippen LogP) is 2.50. The minimum absolute atomic E-state index is 0.542. The molecule has 1 saturated heterocycles. The van der Waals surface area contributed by atoms with Gasteiger partial charge < -0.3 is 10.2 Å². The Balaban J connectivity index is 1.61. The highest BCUT2D eigenvalue weighted by Crippen LogP contribution is 2.32. The number of rotatable bonds is 5. The van der Waals surface area contributed by atoms with Gasteiger partial charge >= 0.3 is 0 Å². The van der Waals surface area contributed by atoms with Crippen molar-refractivity contribution >= 4 is 0 Å². The number of nitrogens with zero attached hydrogens (tertiary/aromatic N) is 1. The summed E-state index contributed by atoms with van der Waals surface area (Å²) < 4.78 is 0. The molecule has 0 radical (unpaired) electrons. The van der Waals surface area contributed by atoms with Crippen molar-refractivity contribution < 1.29 is 0 Å².